The molecule has 0 spiro atoms. The van der Waals surface area contributed by atoms with E-state index in [1.165, 1.54) is 6.20 Å². The Balaban J connectivity index is 1.32. The minimum absolute atomic E-state index is 0.136. The number of carbonyl (C=O) groups excluding carboxylic acids is 1. The SMILES string of the molecule is CO[C@H](C)[C@H]1C(=O)Nc2c(C)nc(CC3CC(CCc4cnc(C(F)(F)F)cn4)C3)nc2N1C. The van der Waals surface area contributed by atoms with E-state index >= 15 is 0 Å². The molecule has 1 aliphatic heterocycles. The van der Waals surface area contributed by atoms with Gasteiger partial charge in [0, 0.05) is 26.8 Å². The monoisotopic (exact) mass is 478 g/mol. The van der Waals surface area contributed by atoms with Crippen molar-refractivity contribution in [1.29, 1.82) is 0 Å². The fourth-order valence-corrected chi connectivity index (χ4v) is 4.79. The summed E-state index contributed by atoms with van der Waals surface area (Å²) in [5.41, 5.74) is 0.990. The Morgan fingerprint density at radius 1 is 1.21 bits per heavy atom. The maximum absolute atomic E-state index is 12.6. The lowest BCUT2D eigenvalue weighted by atomic mass is 9.71. The van der Waals surface area contributed by atoms with E-state index < -0.39 is 17.9 Å². The first-order valence-electron chi connectivity index (χ1n) is 11.4. The molecule has 4 rings (SSSR count). The molecular formula is C23H29F3N6O2. The second-order valence-corrected chi connectivity index (χ2v) is 9.25. The number of likely N-dealkylation sites (N-methyl/N-ethyl adjacent to an activating group) is 1. The van der Waals surface area contributed by atoms with Crippen molar-refractivity contribution < 1.29 is 22.7 Å². The number of hydrogen-bond donors (Lipinski definition) is 1. The number of methoxy groups -OCH3 is 1. The summed E-state index contributed by atoms with van der Waals surface area (Å²) in [5.74, 6) is 2.27. The normalized spacial score (nSPS) is 23.2. The van der Waals surface area contributed by atoms with E-state index in [2.05, 4.69) is 20.3 Å². The lowest BCUT2D eigenvalue weighted by Crippen LogP contribution is -2.53. The van der Waals surface area contributed by atoms with Gasteiger partial charge in [0.05, 0.1) is 23.7 Å². The van der Waals surface area contributed by atoms with Gasteiger partial charge >= 0.3 is 6.18 Å². The number of aromatic nitrogens is 4. The van der Waals surface area contributed by atoms with Gasteiger partial charge in [0.1, 0.15) is 17.6 Å². The van der Waals surface area contributed by atoms with Crippen molar-refractivity contribution in [2.24, 2.45) is 11.8 Å². The van der Waals surface area contributed by atoms with Crippen molar-refractivity contribution in [3.05, 3.63) is 35.3 Å². The molecule has 11 heteroatoms. The maximum Gasteiger partial charge on any atom is 0.434 e. The van der Waals surface area contributed by atoms with Crippen LogP contribution >= 0.6 is 0 Å². The van der Waals surface area contributed by atoms with Crippen molar-refractivity contribution >= 4 is 17.4 Å². The molecule has 0 saturated heterocycles. The lowest BCUT2D eigenvalue weighted by molar-refractivity contribution is -0.141. The second kappa shape index (κ2) is 9.44. The van der Waals surface area contributed by atoms with Crippen LogP contribution in [0.1, 0.15) is 49.1 Å². The number of halogens is 3. The van der Waals surface area contributed by atoms with Crippen LogP contribution in [0.3, 0.4) is 0 Å². The smallest absolute Gasteiger partial charge is 0.379 e. The minimum Gasteiger partial charge on any atom is -0.379 e. The Bertz CT molecular complexity index is 1040. The average molecular weight is 479 g/mol. The standard InChI is InChI=1S/C23H29F3N6O2/c1-12-19-21(32(3)20(13(2)34-4)22(33)31-19)30-18(29-12)9-15-7-14(8-15)5-6-16-10-28-17(11-27-16)23(24,25)26/h10-11,13-15,20H,5-9H2,1-4H3,(H,31,33)/t13-,14?,15?,20+/m1/s1. The molecule has 3 heterocycles. The van der Waals surface area contributed by atoms with Gasteiger partial charge in [-0.25, -0.2) is 15.0 Å². The van der Waals surface area contributed by atoms with E-state index in [4.69, 9.17) is 9.72 Å². The third-order valence-electron chi connectivity index (χ3n) is 6.81. The third-order valence-corrected chi connectivity index (χ3v) is 6.81. The highest BCUT2D eigenvalue weighted by Gasteiger charge is 2.38. The van der Waals surface area contributed by atoms with Crippen LogP contribution in [0.2, 0.25) is 0 Å². The number of amides is 1. The Kier molecular flexibility index (Phi) is 6.75. The number of nitrogens with zero attached hydrogens (tertiary/aromatic N) is 5. The Hall–Kier alpha value is -2.82. The van der Waals surface area contributed by atoms with Gasteiger partial charge in [-0.05, 0) is 51.4 Å². The Morgan fingerprint density at radius 2 is 1.94 bits per heavy atom. The average Bonchev–Trinajstić information content (AvgIpc) is 2.75. The number of rotatable bonds is 7. The first-order chi connectivity index (χ1) is 16.1. The third kappa shape index (κ3) is 4.98. The van der Waals surface area contributed by atoms with Crippen molar-refractivity contribution in [2.75, 3.05) is 24.4 Å². The van der Waals surface area contributed by atoms with E-state index in [9.17, 15) is 18.0 Å². The summed E-state index contributed by atoms with van der Waals surface area (Å²) < 4.78 is 43.2. The molecule has 1 amide bonds. The second-order valence-electron chi connectivity index (χ2n) is 9.25. The predicted octanol–water partition coefficient (Wildman–Crippen LogP) is 3.59. The van der Waals surface area contributed by atoms with Crippen LogP contribution < -0.4 is 10.2 Å². The number of anilines is 2. The summed E-state index contributed by atoms with van der Waals surface area (Å²) in [6.45, 7) is 3.72. The zero-order valence-electron chi connectivity index (χ0n) is 19.7. The van der Waals surface area contributed by atoms with Gasteiger partial charge in [0.15, 0.2) is 11.5 Å². The van der Waals surface area contributed by atoms with Crippen molar-refractivity contribution in [1.82, 2.24) is 19.9 Å². The molecule has 1 saturated carbocycles. The largest absolute Gasteiger partial charge is 0.434 e. The zero-order valence-corrected chi connectivity index (χ0v) is 19.7. The quantitative estimate of drug-likeness (QED) is 0.650. The number of nitrogens with one attached hydrogen (secondary N) is 1. The molecule has 1 aliphatic carbocycles. The fraction of sp³-hybridized carbons (Fsp3) is 0.609. The van der Waals surface area contributed by atoms with Crippen molar-refractivity contribution in [2.45, 2.75) is 64.3 Å². The molecule has 0 bridgehead atoms. The van der Waals surface area contributed by atoms with Gasteiger partial charge in [0.25, 0.3) is 0 Å². The summed E-state index contributed by atoms with van der Waals surface area (Å²) in [6.07, 6.45) is 1.52. The van der Waals surface area contributed by atoms with Gasteiger partial charge in [-0.2, -0.15) is 13.2 Å². The van der Waals surface area contributed by atoms with Gasteiger partial charge in [-0.15, -0.1) is 0 Å². The number of hydrogen-bond acceptors (Lipinski definition) is 7. The zero-order chi connectivity index (χ0) is 24.6. The van der Waals surface area contributed by atoms with Crippen LogP contribution in [0.25, 0.3) is 0 Å². The van der Waals surface area contributed by atoms with E-state index in [0.717, 1.165) is 43.4 Å². The molecule has 1 fully saturated rings. The molecule has 2 aromatic heterocycles. The highest BCUT2D eigenvalue weighted by Crippen LogP contribution is 2.39. The van der Waals surface area contributed by atoms with Gasteiger partial charge in [-0.1, -0.05) is 0 Å². The fourth-order valence-electron chi connectivity index (χ4n) is 4.79. The van der Waals surface area contributed by atoms with Crippen LogP contribution in [0.5, 0.6) is 0 Å². The number of alkyl halides is 3. The van der Waals surface area contributed by atoms with Gasteiger partial charge < -0.3 is 15.0 Å². The molecule has 184 valence electrons. The van der Waals surface area contributed by atoms with Crippen LogP contribution in [0.4, 0.5) is 24.7 Å². The summed E-state index contributed by atoms with van der Waals surface area (Å²) in [4.78, 5) is 31.2. The molecule has 34 heavy (non-hydrogen) atoms. The maximum atomic E-state index is 12.6. The molecule has 2 atom stereocenters. The first-order valence-corrected chi connectivity index (χ1v) is 11.4. The minimum atomic E-state index is -4.47. The van der Waals surface area contributed by atoms with E-state index in [-0.39, 0.29) is 12.0 Å². The molecule has 0 aromatic carbocycles. The number of ether oxygens (including phenoxy) is 1. The Labute approximate surface area is 196 Å². The van der Waals surface area contributed by atoms with Gasteiger partial charge in [0.2, 0.25) is 5.91 Å². The summed E-state index contributed by atoms with van der Waals surface area (Å²) in [7, 11) is 3.42. The van der Waals surface area contributed by atoms with E-state index in [1.807, 2.05) is 25.8 Å². The van der Waals surface area contributed by atoms with Gasteiger partial charge in [-0.3, -0.25) is 9.78 Å². The number of aryl methyl sites for hydroxylation is 2. The first kappa shape index (κ1) is 24.3. The van der Waals surface area contributed by atoms with Crippen molar-refractivity contribution in [3.63, 3.8) is 0 Å². The highest BCUT2D eigenvalue weighted by atomic mass is 19.4. The van der Waals surface area contributed by atoms with Crippen molar-refractivity contribution in [3.8, 4) is 0 Å². The number of carbonyl (C=O) groups is 1. The van der Waals surface area contributed by atoms with Crippen LogP contribution in [-0.4, -0.2) is 52.1 Å². The van der Waals surface area contributed by atoms with E-state index in [0.29, 0.717) is 35.5 Å². The molecule has 2 aliphatic rings. The van der Waals surface area contributed by atoms with Crippen LogP contribution in [-0.2, 0) is 28.5 Å². The molecule has 2 aromatic rings. The van der Waals surface area contributed by atoms with Crippen LogP contribution in [0, 0.1) is 18.8 Å². The highest BCUT2D eigenvalue weighted by molar-refractivity contribution is 6.03. The lowest BCUT2D eigenvalue weighted by Gasteiger charge is -2.38. The molecule has 1 N–H and O–H groups in total. The summed E-state index contributed by atoms with van der Waals surface area (Å²) >= 11 is 0. The molecular weight excluding hydrogens is 449 g/mol. The summed E-state index contributed by atoms with van der Waals surface area (Å²) in [6, 6.07) is -0.471. The predicted molar refractivity (Wildman–Crippen MR) is 119 cm³/mol. The number of fused-ring (bicyclic) bond motifs is 1. The van der Waals surface area contributed by atoms with Crippen LogP contribution in [0.15, 0.2) is 12.4 Å². The summed E-state index contributed by atoms with van der Waals surface area (Å²) in [5, 5.41) is 2.92. The molecule has 0 unspecified atom stereocenters. The molecule has 8 nitrogen and oxygen atoms in total. The van der Waals surface area contributed by atoms with E-state index in [1.54, 1.807) is 7.11 Å². The Morgan fingerprint density at radius 3 is 2.56 bits per heavy atom. The molecule has 0 radical (unpaired) electrons. The topological polar surface area (TPSA) is 93.1 Å².